The second-order valence-corrected chi connectivity index (χ2v) is 4.10. The average molecular weight is 271 g/mol. The van der Waals surface area contributed by atoms with Crippen molar-refractivity contribution in [3.63, 3.8) is 0 Å². The fourth-order valence-electron chi connectivity index (χ4n) is 1.64. The quantitative estimate of drug-likeness (QED) is 0.756. The van der Waals surface area contributed by atoms with E-state index in [9.17, 15) is 4.79 Å². The Morgan fingerprint density at radius 1 is 1.45 bits per heavy atom. The van der Waals surface area contributed by atoms with E-state index in [0.29, 0.717) is 11.1 Å². The Labute approximate surface area is 115 Å². The van der Waals surface area contributed by atoms with Crippen LogP contribution in [0.4, 0.5) is 5.95 Å². The van der Waals surface area contributed by atoms with Crippen LogP contribution >= 0.6 is 0 Å². The molecule has 2 rings (SSSR count). The normalized spacial score (nSPS) is 9.75. The van der Waals surface area contributed by atoms with E-state index in [1.54, 1.807) is 19.2 Å². The molecule has 1 aromatic carbocycles. The molecule has 0 radical (unpaired) electrons. The zero-order valence-corrected chi connectivity index (χ0v) is 11.1. The van der Waals surface area contributed by atoms with Gasteiger partial charge in [0.25, 0.3) is 11.9 Å². The molecule has 0 fully saturated rings. The lowest BCUT2D eigenvalue weighted by molar-refractivity contribution is 0.102. The van der Waals surface area contributed by atoms with E-state index >= 15 is 0 Å². The van der Waals surface area contributed by atoms with Gasteiger partial charge in [-0.15, -0.1) is 5.10 Å². The minimum absolute atomic E-state index is 0.141. The monoisotopic (exact) mass is 271 g/mol. The summed E-state index contributed by atoms with van der Waals surface area (Å²) in [4.78, 5) is 13.3. The van der Waals surface area contributed by atoms with Gasteiger partial charge in [-0.1, -0.05) is 16.9 Å². The number of anilines is 1. The van der Waals surface area contributed by atoms with E-state index in [-0.39, 0.29) is 18.5 Å². The van der Waals surface area contributed by atoms with Crippen LogP contribution in [0.25, 0.3) is 0 Å². The van der Waals surface area contributed by atoms with E-state index in [1.165, 1.54) is 4.80 Å². The van der Waals surface area contributed by atoms with Gasteiger partial charge in [-0.05, 0) is 35.9 Å². The summed E-state index contributed by atoms with van der Waals surface area (Å²) in [5, 5.41) is 22.4. The maximum atomic E-state index is 12.1. The van der Waals surface area contributed by atoms with Gasteiger partial charge < -0.3 is 5.11 Å². The summed E-state index contributed by atoms with van der Waals surface area (Å²) in [6, 6.07) is 5.21. The molecule has 1 amide bonds. The first kappa shape index (κ1) is 13.7. The molecule has 0 aliphatic carbocycles. The van der Waals surface area contributed by atoms with Crippen molar-refractivity contribution in [2.24, 2.45) is 7.05 Å². The topological polar surface area (TPSA) is 92.9 Å². The molecular weight excluding hydrogens is 258 g/mol. The number of rotatable bonds is 2. The standard InChI is InChI=1S/C13H13N5O2/c1-9-6-10(4-3-5-19)8-11(7-9)12(20)14-13-15-17-18(2)16-13/h6-8,19H,5H2,1-2H3,(H,14,16,20). The number of tetrazole rings is 1. The van der Waals surface area contributed by atoms with Crippen LogP contribution in [0.1, 0.15) is 21.5 Å². The summed E-state index contributed by atoms with van der Waals surface area (Å²) in [5.74, 6) is 5.12. The SMILES string of the molecule is Cc1cc(C#CCO)cc(C(=O)Nc2nnn(C)n2)c1. The minimum Gasteiger partial charge on any atom is -0.384 e. The Bertz CT molecular complexity index is 696. The van der Waals surface area contributed by atoms with Gasteiger partial charge >= 0.3 is 0 Å². The van der Waals surface area contributed by atoms with E-state index in [1.807, 2.05) is 13.0 Å². The van der Waals surface area contributed by atoms with Gasteiger partial charge in [0, 0.05) is 11.1 Å². The van der Waals surface area contributed by atoms with Crippen molar-refractivity contribution in [1.29, 1.82) is 0 Å². The lowest BCUT2D eigenvalue weighted by atomic mass is 10.1. The number of benzene rings is 1. The molecule has 0 aliphatic rings. The second kappa shape index (κ2) is 5.95. The number of nitrogens with one attached hydrogen (secondary N) is 1. The third-order valence-electron chi connectivity index (χ3n) is 2.38. The predicted octanol–water partition coefficient (Wildman–Crippen LogP) is 0.115. The van der Waals surface area contributed by atoms with Gasteiger partial charge in [-0.3, -0.25) is 10.1 Å². The highest BCUT2D eigenvalue weighted by molar-refractivity contribution is 6.03. The summed E-state index contributed by atoms with van der Waals surface area (Å²) in [6.07, 6.45) is 0. The zero-order valence-electron chi connectivity index (χ0n) is 11.1. The number of carbonyl (C=O) groups excluding carboxylic acids is 1. The number of aryl methyl sites for hydroxylation is 2. The molecule has 2 N–H and O–H groups in total. The molecule has 2 aromatic rings. The molecule has 0 aliphatic heterocycles. The molecular formula is C13H13N5O2. The average Bonchev–Trinajstić information content (AvgIpc) is 2.81. The van der Waals surface area contributed by atoms with Crippen LogP contribution in [0.5, 0.6) is 0 Å². The molecule has 20 heavy (non-hydrogen) atoms. The van der Waals surface area contributed by atoms with Crippen LogP contribution in [0.2, 0.25) is 0 Å². The number of hydrogen-bond acceptors (Lipinski definition) is 5. The van der Waals surface area contributed by atoms with Crippen molar-refractivity contribution in [2.75, 3.05) is 11.9 Å². The van der Waals surface area contributed by atoms with E-state index in [4.69, 9.17) is 5.11 Å². The third kappa shape index (κ3) is 3.40. The van der Waals surface area contributed by atoms with Crippen molar-refractivity contribution < 1.29 is 9.90 Å². The number of aromatic nitrogens is 4. The first-order valence-electron chi connectivity index (χ1n) is 5.85. The van der Waals surface area contributed by atoms with E-state index < -0.39 is 0 Å². The zero-order chi connectivity index (χ0) is 14.5. The fraction of sp³-hybridized carbons (Fsp3) is 0.231. The third-order valence-corrected chi connectivity index (χ3v) is 2.38. The molecule has 0 saturated heterocycles. The fourth-order valence-corrected chi connectivity index (χ4v) is 1.64. The van der Waals surface area contributed by atoms with Crippen molar-refractivity contribution in [3.05, 3.63) is 34.9 Å². The number of carbonyl (C=O) groups is 1. The summed E-state index contributed by atoms with van der Waals surface area (Å²) in [7, 11) is 1.61. The number of aliphatic hydroxyl groups is 1. The van der Waals surface area contributed by atoms with Crippen LogP contribution in [0, 0.1) is 18.8 Å². The molecule has 0 spiro atoms. The van der Waals surface area contributed by atoms with Crippen molar-refractivity contribution >= 4 is 11.9 Å². The second-order valence-electron chi connectivity index (χ2n) is 4.10. The Balaban J connectivity index is 2.23. The molecule has 1 heterocycles. The Kier molecular flexibility index (Phi) is 4.08. The molecule has 7 heteroatoms. The minimum atomic E-state index is -0.339. The summed E-state index contributed by atoms with van der Waals surface area (Å²) < 4.78 is 0. The number of aliphatic hydroxyl groups excluding tert-OH is 1. The Hall–Kier alpha value is -2.72. The van der Waals surface area contributed by atoms with Crippen LogP contribution in [-0.2, 0) is 7.05 Å². The Morgan fingerprint density at radius 3 is 2.90 bits per heavy atom. The summed E-state index contributed by atoms with van der Waals surface area (Å²) >= 11 is 0. The van der Waals surface area contributed by atoms with Gasteiger partial charge in [-0.25, -0.2) is 0 Å². The number of amides is 1. The molecule has 0 atom stereocenters. The maximum absolute atomic E-state index is 12.1. The first-order chi connectivity index (χ1) is 9.58. The van der Waals surface area contributed by atoms with Crippen LogP contribution in [0.3, 0.4) is 0 Å². The van der Waals surface area contributed by atoms with Crippen molar-refractivity contribution in [1.82, 2.24) is 20.2 Å². The predicted molar refractivity (Wildman–Crippen MR) is 71.9 cm³/mol. The van der Waals surface area contributed by atoms with Gasteiger partial charge in [0.1, 0.15) is 6.61 Å². The highest BCUT2D eigenvalue weighted by Gasteiger charge is 2.10. The van der Waals surface area contributed by atoms with E-state index in [2.05, 4.69) is 32.6 Å². The molecule has 0 saturated carbocycles. The maximum Gasteiger partial charge on any atom is 0.270 e. The largest absolute Gasteiger partial charge is 0.384 e. The lowest BCUT2D eigenvalue weighted by Gasteiger charge is -2.03. The highest BCUT2D eigenvalue weighted by atomic mass is 16.2. The van der Waals surface area contributed by atoms with Crippen LogP contribution in [-0.4, -0.2) is 37.8 Å². The highest BCUT2D eigenvalue weighted by Crippen LogP contribution is 2.10. The van der Waals surface area contributed by atoms with Crippen molar-refractivity contribution in [3.8, 4) is 11.8 Å². The van der Waals surface area contributed by atoms with Gasteiger partial charge in [0.15, 0.2) is 0 Å². The van der Waals surface area contributed by atoms with Crippen molar-refractivity contribution in [2.45, 2.75) is 6.92 Å². The number of hydrogen-bond donors (Lipinski definition) is 2. The molecule has 102 valence electrons. The van der Waals surface area contributed by atoms with Gasteiger partial charge in [0.2, 0.25) is 0 Å². The first-order valence-corrected chi connectivity index (χ1v) is 5.85. The van der Waals surface area contributed by atoms with Gasteiger partial charge in [-0.2, -0.15) is 4.80 Å². The molecule has 7 nitrogen and oxygen atoms in total. The molecule has 0 bridgehead atoms. The molecule has 0 unspecified atom stereocenters. The lowest BCUT2D eigenvalue weighted by Crippen LogP contribution is -2.13. The summed E-state index contributed by atoms with van der Waals surface area (Å²) in [6.45, 7) is 1.64. The number of nitrogens with zero attached hydrogens (tertiary/aromatic N) is 4. The molecule has 1 aromatic heterocycles. The van der Waals surface area contributed by atoms with Crippen LogP contribution in [0.15, 0.2) is 18.2 Å². The van der Waals surface area contributed by atoms with Gasteiger partial charge in [0.05, 0.1) is 7.05 Å². The Morgan fingerprint density at radius 2 is 2.25 bits per heavy atom. The van der Waals surface area contributed by atoms with Crippen LogP contribution < -0.4 is 5.32 Å². The van der Waals surface area contributed by atoms with E-state index in [0.717, 1.165) is 5.56 Å². The summed E-state index contributed by atoms with van der Waals surface area (Å²) in [5.41, 5.74) is 2.00. The smallest absolute Gasteiger partial charge is 0.270 e.